The summed E-state index contributed by atoms with van der Waals surface area (Å²) in [7, 11) is 0. The van der Waals surface area contributed by atoms with Crippen LogP contribution in [-0.2, 0) is 0 Å². The minimum atomic E-state index is -0.918. The Kier molecular flexibility index (Phi) is 5.23. The van der Waals surface area contributed by atoms with Crippen LogP contribution in [0.2, 0.25) is 5.02 Å². The minimum Gasteiger partial charge on any atom is -0.331 e. The van der Waals surface area contributed by atoms with Crippen molar-refractivity contribution in [3.8, 4) is 0 Å². The molecular weight excluding hydrogens is 346 g/mol. The predicted molar refractivity (Wildman–Crippen MR) is 93.4 cm³/mol. The summed E-state index contributed by atoms with van der Waals surface area (Å²) in [6.07, 6.45) is 1.80. The van der Waals surface area contributed by atoms with Crippen LogP contribution in [0, 0.1) is 11.6 Å². The first-order valence-electron chi connectivity index (χ1n) is 8.23. The van der Waals surface area contributed by atoms with Crippen LogP contribution in [0.25, 0.3) is 0 Å². The van der Waals surface area contributed by atoms with E-state index in [2.05, 4.69) is 5.32 Å². The highest BCUT2D eigenvalue weighted by atomic mass is 35.5. The van der Waals surface area contributed by atoms with Gasteiger partial charge in [0.2, 0.25) is 0 Å². The Hall–Kier alpha value is -2.14. The first-order chi connectivity index (χ1) is 12.0. The number of hydrogen-bond donors (Lipinski definition) is 1. The first kappa shape index (κ1) is 17.7. The summed E-state index contributed by atoms with van der Waals surface area (Å²) < 4.78 is 26.4. The maximum atomic E-state index is 13.4. The molecule has 25 heavy (non-hydrogen) atoms. The maximum absolute atomic E-state index is 13.4. The third kappa shape index (κ3) is 3.93. The lowest BCUT2D eigenvalue weighted by Crippen LogP contribution is -2.40. The number of likely N-dealkylation sites (tertiary alicyclic amines) is 1. The number of benzene rings is 2. The third-order valence-electron chi connectivity index (χ3n) is 4.55. The van der Waals surface area contributed by atoms with Crippen LogP contribution in [0.1, 0.15) is 43.0 Å². The van der Waals surface area contributed by atoms with Crippen molar-refractivity contribution in [1.29, 1.82) is 0 Å². The molecule has 1 heterocycles. The largest absolute Gasteiger partial charge is 0.331 e. The van der Waals surface area contributed by atoms with Gasteiger partial charge < -0.3 is 10.2 Å². The second-order valence-electron chi connectivity index (χ2n) is 6.25. The van der Waals surface area contributed by atoms with Gasteiger partial charge in [-0.2, -0.15) is 0 Å². The fraction of sp³-hybridized carbons (Fsp3) is 0.316. The Labute approximate surface area is 150 Å². The average molecular weight is 365 g/mol. The lowest BCUT2D eigenvalue weighted by Gasteiger charge is -2.27. The molecule has 2 aromatic rings. The van der Waals surface area contributed by atoms with Gasteiger partial charge in [0, 0.05) is 11.6 Å². The molecule has 1 fully saturated rings. The number of rotatable bonds is 3. The second kappa shape index (κ2) is 7.40. The van der Waals surface area contributed by atoms with Crippen molar-refractivity contribution in [2.75, 3.05) is 6.54 Å². The highest BCUT2D eigenvalue weighted by Gasteiger charge is 2.30. The predicted octanol–water partition coefficient (Wildman–Crippen LogP) is 5.23. The quantitative estimate of drug-likeness (QED) is 0.795. The van der Waals surface area contributed by atoms with Gasteiger partial charge in [-0.3, -0.25) is 0 Å². The molecule has 132 valence electrons. The molecule has 0 radical (unpaired) electrons. The molecule has 3 nitrogen and oxygen atoms in total. The van der Waals surface area contributed by atoms with E-state index in [0.717, 1.165) is 30.5 Å². The molecule has 0 spiro atoms. The Morgan fingerprint density at radius 3 is 2.60 bits per heavy atom. The number of halogens is 3. The Morgan fingerprint density at radius 2 is 1.92 bits per heavy atom. The van der Waals surface area contributed by atoms with E-state index in [9.17, 15) is 13.6 Å². The summed E-state index contributed by atoms with van der Waals surface area (Å²) in [5.74, 6) is -1.82. The smallest absolute Gasteiger partial charge is 0.318 e. The molecule has 6 heteroatoms. The molecule has 2 aromatic carbocycles. The fourth-order valence-electron chi connectivity index (χ4n) is 3.17. The molecule has 1 N–H and O–H groups in total. The topological polar surface area (TPSA) is 32.3 Å². The van der Waals surface area contributed by atoms with Crippen molar-refractivity contribution >= 4 is 17.6 Å². The van der Waals surface area contributed by atoms with Crippen LogP contribution in [-0.4, -0.2) is 17.5 Å². The van der Waals surface area contributed by atoms with Crippen molar-refractivity contribution in [1.82, 2.24) is 10.2 Å². The number of nitrogens with one attached hydrogen (secondary N) is 1. The zero-order valence-electron chi connectivity index (χ0n) is 13.8. The van der Waals surface area contributed by atoms with E-state index in [0.29, 0.717) is 17.1 Å². The Balaban J connectivity index is 1.71. The van der Waals surface area contributed by atoms with Crippen molar-refractivity contribution < 1.29 is 13.6 Å². The van der Waals surface area contributed by atoms with Crippen LogP contribution in [0.4, 0.5) is 13.6 Å². The normalized spacial score (nSPS) is 18.2. The second-order valence-corrected chi connectivity index (χ2v) is 6.68. The molecule has 0 saturated carbocycles. The summed E-state index contributed by atoms with van der Waals surface area (Å²) in [6, 6.07) is 10.5. The van der Waals surface area contributed by atoms with Gasteiger partial charge in [-0.15, -0.1) is 0 Å². The molecule has 2 unspecified atom stereocenters. The fourth-order valence-corrected chi connectivity index (χ4v) is 3.30. The van der Waals surface area contributed by atoms with Gasteiger partial charge in [0.05, 0.1) is 12.1 Å². The Morgan fingerprint density at radius 1 is 1.20 bits per heavy atom. The standard InChI is InChI=1S/C19H19ClF2N2O/c1-12(14-6-9-16(21)17(22)11-14)23-19(25)24-10-2-3-18(24)13-4-7-15(20)8-5-13/h4-9,11-12,18H,2-3,10H2,1H3,(H,23,25). The lowest BCUT2D eigenvalue weighted by atomic mass is 10.0. The van der Waals surface area contributed by atoms with E-state index in [4.69, 9.17) is 11.6 Å². The molecule has 0 aliphatic carbocycles. The van der Waals surface area contributed by atoms with Crippen LogP contribution >= 0.6 is 11.6 Å². The van der Waals surface area contributed by atoms with Gasteiger partial charge in [-0.1, -0.05) is 29.8 Å². The number of carbonyl (C=O) groups excluding carboxylic acids is 1. The van der Waals surface area contributed by atoms with Gasteiger partial charge in [0.15, 0.2) is 11.6 Å². The van der Waals surface area contributed by atoms with Crippen LogP contribution in [0.5, 0.6) is 0 Å². The lowest BCUT2D eigenvalue weighted by molar-refractivity contribution is 0.189. The highest BCUT2D eigenvalue weighted by Crippen LogP contribution is 2.32. The molecular formula is C19H19ClF2N2O. The summed E-state index contributed by atoms with van der Waals surface area (Å²) in [4.78, 5) is 14.4. The summed E-state index contributed by atoms with van der Waals surface area (Å²) in [5.41, 5.74) is 1.56. The molecule has 0 bridgehead atoms. The molecule has 1 aliphatic rings. The van der Waals surface area contributed by atoms with E-state index >= 15 is 0 Å². The van der Waals surface area contributed by atoms with Crippen molar-refractivity contribution in [2.45, 2.75) is 31.8 Å². The van der Waals surface area contributed by atoms with E-state index < -0.39 is 17.7 Å². The average Bonchev–Trinajstić information content (AvgIpc) is 3.07. The molecule has 3 rings (SSSR count). The van der Waals surface area contributed by atoms with Crippen LogP contribution in [0.15, 0.2) is 42.5 Å². The van der Waals surface area contributed by atoms with Crippen molar-refractivity contribution in [3.63, 3.8) is 0 Å². The van der Waals surface area contributed by atoms with Crippen molar-refractivity contribution in [2.24, 2.45) is 0 Å². The maximum Gasteiger partial charge on any atom is 0.318 e. The summed E-state index contributed by atoms with van der Waals surface area (Å²) in [6.45, 7) is 2.40. The minimum absolute atomic E-state index is 0.00517. The first-order valence-corrected chi connectivity index (χ1v) is 8.61. The number of amides is 2. The Bertz CT molecular complexity index is 767. The zero-order chi connectivity index (χ0) is 18.0. The van der Waals surface area contributed by atoms with Gasteiger partial charge in [-0.25, -0.2) is 13.6 Å². The van der Waals surface area contributed by atoms with E-state index in [1.807, 2.05) is 24.3 Å². The zero-order valence-corrected chi connectivity index (χ0v) is 14.6. The van der Waals surface area contributed by atoms with E-state index in [-0.39, 0.29) is 12.1 Å². The number of urea groups is 1. The van der Waals surface area contributed by atoms with Gasteiger partial charge >= 0.3 is 6.03 Å². The van der Waals surface area contributed by atoms with Gasteiger partial charge in [0.1, 0.15) is 0 Å². The summed E-state index contributed by atoms with van der Waals surface area (Å²) >= 11 is 5.93. The van der Waals surface area contributed by atoms with Gasteiger partial charge in [0.25, 0.3) is 0 Å². The number of nitrogens with zero attached hydrogens (tertiary/aromatic N) is 1. The molecule has 1 aliphatic heterocycles. The van der Waals surface area contributed by atoms with Crippen molar-refractivity contribution in [3.05, 3.63) is 70.2 Å². The van der Waals surface area contributed by atoms with Crippen LogP contribution < -0.4 is 5.32 Å². The molecule has 2 amide bonds. The van der Waals surface area contributed by atoms with E-state index in [1.165, 1.54) is 6.07 Å². The number of carbonyl (C=O) groups is 1. The van der Waals surface area contributed by atoms with E-state index in [1.54, 1.807) is 11.8 Å². The van der Waals surface area contributed by atoms with Gasteiger partial charge in [-0.05, 0) is 55.2 Å². The molecule has 1 saturated heterocycles. The third-order valence-corrected chi connectivity index (χ3v) is 4.80. The number of hydrogen-bond acceptors (Lipinski definition) is 1. The summed E-state index contributed by atoms with van der Waals surface area (Å²) in [5, 5.41) is 3.52. The molecule has 0 aromatic heterocycles. The highest BCUT2D eigenvalue weighted by molar-refractivity contribution is 6.30. The monoisotopic (exact) mass is 364 g/mol. The molecule has 2 atom stereocenters. The van der Waals surface area contributed by atoms with Crippen LogP contribution in [0.3, 0.4) is 0 Å². The SMILES string of the molecule is CC(NC(=O)N1CCCC1c1ccc(Cl)cc1)c1ccc(F)c(F)c1.